The molecule has 0 saturated carbocycles. The Morgan fingerprint density at radius 1 is 0.493 bits per heavy atom. The van der Waals surface area contributed by atoms with E-state index in [4.69, 9.17) is 9.05 Å². The molecule has 0 heterocycles. The Bertz CT molecular complexity index is 1560. The van der Waals surface area contributed by atoms with E-state index in [9.17, 15) is 19.4 Å². The first-order valence-electron chi connectivity index (χ1n) is 28.4. The summed E-state index contributed by atoms with van der Waals surface area (Å²) in [4.78, 5) is 23.2. The second-order valence-electron chi connectivity index (χ2n) is 19.9. The minimum absolute atomic E-state index is 0.0487. The van der Waals surface area contributed by atoms with E-state index in [1.807, 2.05) is 27.2 Å². The summed E-state index contributed by atoms with van der Waals surface area (Å²) in [5.74, 6) is -0.197. The van der Waals surface area contributed by atoms with Crippen molar-refractivity contribution < 1.29 is 32.9 Å². The Kier molecular flexibility index (Phi) is 49.5. The molecule has 406 valence electrons. The van der Waals surface area contributed by atoms with Crippen molar-refractivity contribution in [3.8, 4) is 0 Å². The van der Waals surface area contributed by atoms with Gasteiger partial charge in [-0.15, -0.1) is 0 Å². The molecule has 0 fully saturated rings. The summed E-state index contributed by atoms with van der Waals surface area (Å²) in [5.41, 5.74) is 0. The van der Waals surface area contributed by atoms with Crippen LogP contribution in [0.2, 0.25) is 0 Å². The lowest BCUT2D eigenvalue weighted by Crippen LogP contribution is -2.45. The van der Waals surface area contributed by atoms with E-state index < -0.39 is 20.0 Å². The van der Waals surface area contributed by atoms with Gasteiger partial charge in [0.2, 0.25) is 5.91 Å². The van der Waals surface area contributed by atoms with Crippen molar-refractivity contribution in [2.24, 2.45) is 0 Å². The van der Waals surface area contributed by atoms with Gasteiger partial charge in [0.05, 0.1) is 39.9 Å². The van der Waals surface area contributed by atoms with Gasteiger partial charge in [-0.05, 0) is 96.3 Å². The molecule has 0 aliphatic heterocycles. The molecule has 8 nitrogen and oxygen atoms in total. The molecule has 3 unspecified atom stereocenters. The van der Waals surface area contributed by atoms with Gasteiger partial charge in [0.15, 0.2) is 0 Å². The maximum Gasteiger partial charge on any atom is 0.472 e. The second-order valence-corrected chi connectivity index (χ2v) is 21.4. The van der Waals surface area contributed by atoms with Crippen LogP contribution in [-0.2, 0) is 18.4 Å². The van der Waals surface area contributed by atoms with Crippen LogP contribution in [-0.4, -0.2) is 73.4 Å². The van der Waals surface area contributed by atoms with Crippen LogP contribution in [0.4, 0.5) is 0 Å². The molecular formula is C62H108N2O6P+. The maximum absolute atomic E-state index is 12.9. The number of amides is 1. The van der Waals surface area contributed by atoms with Gasteiger partial charge in [0.1, 0.15) is 13.2 Å². The molecule has 0 rings (SSSR count). The fourth-order valence-electron chi connectivity index (χ4n) is 7.45. The number of quaternary nitrogens is 1. The molecule has 0 aromatic rings. The lowest BCUT2D eigenvalue weighted by atomic mass is 10.0. The number of carbonyl (C=O) groups excluding carboxylic acids is 1. The second kappa shape index (κ2) is 51.8. The first-order chi connectivity index (χ1) is 34.5. The molecule has 1 amide bonds. The molecule has 3 N–H and O–H groups in total. The van der Waals surface area contributed by atoms with Gasteiger partial charge in [0, 0.05) is 6.42 Å². The number of aliphatic hydroxyl groups excluding tert-OH is 1. The van der Waals surface area contributed by atoms with Crippen LogP contribution < -0.4 is 5.32 Å². The number of hydrogen-bond acceptors (Lipinski definition) is 5. The SMILES string of the molecule is CC/C=C\C/C=C\C/C=C\C/C=C\C/C=C\C/C=C\C/C=C\CCCCCCCCCCCCCCCCCC(=O)NC(COP(=O)(O)OCC[N+](C)(C)C)C(O)/C=C/CC/C=C/CC/C=C/CCCC. The van der Waals surface area contributed by atoms with Gasteiger partial charge < -0.3 is 19.8 Å². The third-order valence-electron chi connectivity index (χ3n) is 11.9. The topological polar surface area (TPSA) is 105 Å². The fraction of sp³-hybridized carbons (Fsp3) is 0.661. The molecule has 3 atom stereocenters. The van der Waals surface area contributed by atoms with Crippen molar-refractivity contribution in [2.75, 3.05) is 40.9 Å². The normalized spacial score (nSPS) is 14.9. The van der Waals surface area contributed by atoms with Gasteiger partial charge >= 0.3 is 7.82 Å². The Morgan fingerprint density at radius 3 is 1.30 bits per heavy atom. The molecular weight excluding hydrogens is 900 g/mol. The van der Waals surface area contributed by atoms with Crippen molar-refractivity contribution in [1.29, 1.82) is 0 Å². The van der Waals surface area contributed by atoms with Crippen LogP contribution in [0.3, 0.4) is 0 Å². The Balaban J connectivity index is 4.05. The highest BCUT2D eigenvalue weighted by Gasteiger charge is 2.27. The van der Waals surface area contributed by atoms with Gasteiger partial charge in [-0.2, -0.15) is 0 Å². The largest absolute Gasteiger partial charge is 0.472 e. The Labute approximate surface area is 437 Å². The first-order valence-corrected chi connectivity index (χ1v) is 29.9. The van der Waals surface area contributed by atoms with Crippen LogP contribution in [0.25, 0.3) is 0 Å². The predicted molar refractivity (Wildman–Crippen MR) is 308 cm³/mol. The van der Waals surface area contributed by atoms with Gasteiger partial charge in [-0.3, -0.25) is 13.8 Å². The lowest BCUT2D eigenvalue weighted by Gasteiger charge is -2.25. The highest BCUT2D eigenvalue weighted by molar-refractivity contribution is 7.47. The zero-order valence-electron chi connectivity index (χ0n) is 46.2. The first kappa shape index (κ1) is 67.9. The fourth-order valence-corrected chi connectivity index (χ4v) is 8.19. The molecule has 0 bridgehead atoms. The number of nitrogens with zero attached hydrogens (tertiary/aromatic N) is 1. The zero-order valence-corrected chi connectivity index (χ0v) is 47.1. The summed E-state index contributed by atoms with van der Waals surface area (Å²) in [6, 6.07) is -0.875. The standard InChI is InChI=1S/C62H107N2O6P/c1-6-8-10-12-14-16-18-20-21-22-23-24-25-26-27-28-29-30-31-32-33-34-35-36-37-38-39-40-41-42-43-44-46-48-50-52-54-56-62(66)63-60(59-70-71(67,68)69-58-57-64(3,4)5)61(65)55-53-51-49-47-45-19-17-15-13-11-9-7-2/h8,10,13-16,20-21,23-24,26-27,29-30,32-33,45,47,53,55,60-61,65H,6-7,9,11-12,17-19,22,25,28,31,34-44,46,48-52,54,56-59H2,1-5H3,(H-,63,66,67,68)/p+1/b10-8-,15-13+,16-14-,21-20-,24-23-,27-26-,30-29-,33-32-,47-45+,55-53+. The van der Waals surface area contributed by atoms with E-state index in [1.165, 1.54) is 96.3 Å². The molecule has 0 aromatic heterocycles. The van der Waals surface area contributed by atoms with Crippen molar-refractivity contribution >= 4 is 13.7 Å². The van der Waals surface area contributed by atoms with E-state index in [2.05, 4.69) is 129 Å². The predicted octanol–water partition coefficient (Wildman–Crippen LogP) is 17.4. The van der Waals surface area contributed by atoms with Crippen LogP contribution in [0.15, 0.2) is 122 Å². The molecule has 9 heteroatoms. The zero-order chi connectivity index (χ0) is 52.0. The number of likely N-dealkylation sites (N-methyl/N-ethyl adjacent to an activating group) is 1. The van der Waals surface area contributed by atoms with Crippen molar-refractivity contribution in [3.63, 3.8) is 0 Å². The van der Waals surface area contributed by atoms with Gasteiger partial charge in [-0.1, -0.05) is 232 Å². The lowest BCUT2D eigenvalue weighted by molar-refractivity contribution is -0.870. The third-order valence-corrected chi connectivity index (χ3v) is 12.9. The minimum Gasteiger partial charge on any atom is -0.387 e. The van der Waals surface area contributed by atoms with Crippen molar-refractivity contribution in [2.45, 2.75) is 225 Å². The van der Waals surface area contributed by atoms with Crippen LogP contribution in [0, 0.1) is 0 Å². The van der Waals surface area contributed by atoms with Crippen molar-refractivity contribution in [1.82, 2.24) is 5.32 Å². The van der Waals surface area contributed by atoms with Gasteiger partial charge in [-0.25, -0.2) is 4.57 Å². The van der Waals surface area contributed by atoms with Crippen LogP contribution in [0.5, 0.6) is 0 Å². The number of allylic oxidation sites excluding steroid dienone is 19. The van der Waals surface area contributed by atoms with Gasteiger partial charge in [0.25, 0.3) is 0 Å². The Hall–Kier alpha value is -3.10. The third kappa shape index (κ3) is 54.5. The molecule has 0 saturated heterocycles. The number of aliphatic hydroxyl groups is 1. The number of nitrogens with one attached hydrogen (secondary N) is 1. The van der Waals surface area contributed by atoms with Crippen LogP contribution >= 0.6 is 7.82 Å². The van der Waals surface area contributed by atoms with E-state index in [0.29, 0.717) is 17.4 Å². The number of phosphoric ester groups is 1. The molecule has 0 aliphatic carbocycles. The quantitative estimate of drug-likeness (QED) is 0.0243. The average molecular weight is 1010 g/mol. The monoisotopic (exact) mass is 1010 g/mol. The summed E-state index contributed by atoms with van der Waals surface area (Å²) in [5, 5.41) is 13.8. The molecule has 0 aromatic carbocycles. The van der Waals surface area contributed by atoms with E-state index in [0.717, 1.165) is 96.3 Å². The summed E-state index contributed by atoms with van der Waals surface area (Å²) in [7, 11) is 1.53. The summed E-state index contributed by atoms with van der Waals surface area (Å²) >= 11 is 0. The maximum atomic E-state index is 12.9. The van der Waals surface area contributed by atoms with Crippen molar-refractivity contribution in [3.05, 3.63) is 122 Å². The number of phosphoric acid groups is 1. The Morgan fingerprint density at radius 2 is 0.859 bits per heavy atom. The average Bonchev–Trinajstić information content (AvgIpc) is 3.33. The summed E-state index contributed by atoms with van der Waals surface area (Å²) in [6.45, 7) is 4.60. The highest BCUT2D eigenvalue weighted by atomic mass is 31.2. The number of unbranched alkanes of at least 4 members (excludes halogenated alkanes) is 19. The van der Waals surface area contributed by atoms with Crippen LogP contribution in [0.1, 0.15) is 213 Å². The van der Waals surface area contributed by atoms with E-state index >= 15 is 0 Å². The molecule has 71 heavy (non-hydrogen) atoms. The smallest absolute Gasteiger partial charge is 0.387 e. The summed E-state index contributed by atoms with van der Waals surface area (Å²) < 4.78 is 23.6. The number of carbonyl (C=O) groups is 1. The van der Waals surface area contributed by atoms with E-state index in [-0.39, 0.29) is 19.1 Å². The van der Waals surface area contributed by atoms with E-state index in [1.54, 1.807) is 6.08 Å². The molecule has 0 aliphatic rings. The minimum atomic E-state index is -4.36. The highest BCUT2D eigenvalue weighted by Crippen LogP contribution is 2.43. The number of hydrogen-bond donors (Lipinski definition) is 3. The summed E-state index contributed by atoms with van der Waals surface area (Å²) in [6.07, 6.45) is 77.4. The number of rotatable bonds is 50. The molecule has 0 radical (unpaired) electrons. The molecule has 0 spiro atoms.